The molecular formula is C19H16Cl2N2O5S2. The highest BCUT2D eigenvalue weighted by Gasteiger charge is 2.18. The van der Waals surface area contributed by atoms with Crippen LogP contribution in [0, 0.1) is 0 Å². The zero-order chi connectivity index (χ0) is 21.9. The van der Waals surface area contributed by atoms with Crippen LogP contribution in [0.25, 0.3) is 10.2 Å². The van der Waals surface area contributed by atoms with Crippen LogP contribution < -0.4 is 4.80 Å². The van der Waals surface area contributed by atoms with E-state index >= 15 is 0 Å². The normalized spacial score (nSPS) is 12.3. The van der Waals surface area contributed by atoms with Crippen molar-refractivity contribution in [2.45, 2.75) is 17.9 Å². The molecule has 0 atom stereocenters. The molecule has 0 radical (unpaired) electrons. The lowest BCUT2D eigenvalue weighted by Gasteiger charge is -2.06. The maximum Gasteiger partial charge on any atom is 0.325 e. The number of amides is 1. The summed E-state index contributed by atoms with van der Waals surface area (Å²) in [6.07, 6.45) is -0.307. The Bertz CT molecular complexity index is 1280. The second-order valence-electron chi connectivity index (χ2n) is 6.14. The lowest BCUT2D eigenvalue weighted by Crippen LogP contribution is -2.23. The van der Waals surface area contributed by atoms with Gasteiger partial charge in [0.15, 0.2) is 14.6 Å². The van der Waals surface area contributed by atoms with Gasteiger partial charge in [-0.1, -0.05) is 52.7 Å². The number of halogens is 2. The number of carbonyl (C=O) groups is 2. The topological polar surface area (TPSA) is 94.8 Å². The minimum atomic E-state index is -3.61. The van der Waals surface area contributed by atoms with Gasteiger partial charge < -0.3 is 9.30 Å². The van der Waals surface area contributed by atoms with Crippen LogP contribution in [0.2, 0.25) is 10.0 Å². The molecule has 1 heterocycles. The lowest BCUT2D eigenvalue weighted by atomic mass is 10.3. The summed E-state index contributed by atoms with van der Waals surface area (Å²) in [5.41, 5.74) is 0.447. The van der Waals surface area contributed by atoms with Crippen molar-refractivity contribution in [1.82, 2.24) is 4.57 Å². The van der Waals surface area contributed by atoms with E-state index in [2.05, 4.69) is 4.99 Å². The predicted molar refractivity (Wildman–Crippen MR) is 116 cm³/mol. The van der Waals surface area contributed by atoms with Crippen molar-refractivity contribution in [2.75, 3.05) is 12.9 Å². The Kier molecular flexibility index (Phi) is 6.97. The summed E-state index contributed by atoms with van der Waals surface area (Å²) < 4.78 is 31.6. The van der Waals surface area contributed by atoms with Gasteiger partial charge in [-0.25, -0.2) is 8.42 Å². The first kappa shape index (κ1) is 22.5. The number of sulfone groups is 1. The molecular weight excluding hydrogens is 471 g/mol. The molecule has 0 fully saturated rings. The first-order chi connectivity index (χ1) is 14.2. The quantitative estimate of drug-likeness (QED) is 0.497. The first-order valence-electron chi connectivity index (χ1n) is 8.62. The van der Waals surface area contributed by atoms with Crippen LogP contribution in [0.3, 0.4) is 0 Å². The van der Waals surface area contributed by atoms with Gasteiger partial charge in [-0.3, -0.25) is 9.59 Å². The van der Waals surface area contributed by atoms with Gasteiger partial charge in [-0.05, 0) is 24.3 Å². The fraction of sp³-hybridized carbons (Fsp3) is 0.211. The average Bonchev–Trinajstić information content (AvgIpc) is 3.07. The number of thiazole rings is 1. The minimum Gasteiger partial charge on any atom is -0.468 e. The van der Waals surface area contributed by atoms with Crippen LogP contribution in [0.4, 0.5) is 0 Å². The van der Waals surface area contributed by atoms with Crippen LogP contribution >= 0.6 is 34.5 Å². The van der Waals surface area contributed by atoms with Crippen LogP contribution in [-0.2, 0) is 30.7 Å². The highest BCUT2D eigenvalue weighted by atomic mass is 35.5. The van der Waals surface area contributed by atoms with E-state index in [0.717, 1.165) is 11.3 Å². The van der Waals surface area contributed by atoms with Crippen molar-refractivity contribution in [3.05, 3.63) is 57.3 Å². The Hall–Kier alpha value is -2.20. The van der Waals surface area contributed by atoms with E-state index < -0.39 is 21.7 Å². The first-order valence-corrected chi connectivity index (χ1v) is 11.8. The number of carbonyl (C=O) groups excluding carboxylic acids is 2. The number of hydrogen-bond donors (Lipinski definition) is 0. The number of nitrogens with zero attached hydrogens (tertiary/aromatic N) is 2. The van der Waals surface area contributed by atoms with Crippen molar-refractivity contribution in [3.8, 4) is 0 Å². The monoisotopic (exact) mass is 486 g/mol. The molecule has 0 spiro atoms. The van der Waals surface area contributed by atoms with Crippen LogP contribution in [0.15, 0.2) is 52.4 Å². The smallest absolute Gasteiger partial charge is 0.325 e. The SMILES string of the molecule is COC(=O)Cn1c(=NC(=O)CCS(=O)(=O)c2ccccc2)sc2ccc(Cl)c(Cl)c21. The van der Waals surface area contributed by atoms with E-state index in [1.807, 2.05) is 0 Å². The average molecular weight is 487 g/mol. The van der Waals surface area contributed by atoms with Crippen molar-refractivity contribution in [3.63, 3.8) is 0 Å². The van der Waals surface area contributed by atoms with E-state index in [-0.39, 0.29) is 38.5 Å². The molecule has 7 nitrogen and oxygen atoms in total. The zero-order valence-electron chi connectivity index (χ0n) is 15.7. The molecule has 0 N–H and O–H groups in total. The number of benzene rings is 2. The highest BCUT2D eigenvalue weighted by Crippen LogP contribution is 2.32. The third-order valence-electron chi connectivity index (χ3n) is 4.16. The molecule has 0 aliphatic heterocycles. The van der Waals surface area contributed by atoms with Crippen molar-refractivity contribution in [2.24, 2.45) is 4.99 Å². The molecule has 3 aromatic rings. The van der Waals surface area contributed by atoms with E-state index in [4.69, 9.17) is 27.9 Å². The number of esters is 1. The molecule has 0 aliphatic carbocycles. The molecule has 1 amide bonds. The number of methoxy groups -OCH3 is 1. The van der Waals surface area contributed by atoms with Gasteiger partial charge in [0.1, 0.15) is 6.54 Å². The molecule has 0 unspecified atom stereocenters. The van der Waals surface area contributed by atoms with Gasteiger partial charge in [-0.15, -0.1) is 0 Å². The second kappa shape index (κ2) is 9.30. The minimum absolute atomic E-state index is 0.141. The molecule has 2 aromatic carbocycles. The largest absolute Gasteiger partial charge is 0.468 e. The standard InChI is InChI=1S/C19H16Cl2N2O5S2/c1-28-16(25)11-23-18-14(8-7-13(20)17(18)21)29-19(23)22-15(24)9-10-30(26,27)12-5-3-2-4-6-12/h2-8H,9-11H2,1H3. The molecule has 0 aliphatic rings. The van der Waals surface area contributed by atoms with Crippen LogP contribution in [-0.4, -0.2) is 37.7 Å². The molecule has 0 bridgehead atoms. The molecule has 3 rings (SSSR count). The molecule has 158 valence electrons. The molecule has 0 saturated carbocycles. The lowest BCUT2D eigenvalue weighted by molar-refractivity contribution is -0.141. The zero-order valence-corrected chi connectivity index (χ0v) is 18.8. The molecule has 1 aromatic heterocycles. The number of fused-ring (bicyclic) bond motifs is 1. The van der Waals surface area contributed by atoms with Gasteiger partial charge in [0.25, 0.3) is 0 Å². The van der Waals surface area contributed by atoms with E-state index in [1.165, 1.54) is 23.8 Å². The Morgan fingerprint density at radius 3 is 2.50 bits per heavy atom. The van der Waals surface area contributed by atoms with Crippen molar-refractivity contribution < 1.29 is 22.7 Å². The van der Waals surface area contributed by atoms with E-state index in [1.54, 1.807) is 30.3 Å². The van der Waals surface area contributed by atoms with Gasteiger partial charge in [-0.2, -0.15) is 4.99 Å². The summed E-state index contributed by atoms with van der Waals surface area (Å²) in [4.78, 5) is 28.6. The fourth-order valence-electron chi connectivity index (χ4n) is 2.66. The highest BCUT2D eigenvalue weighted by molar-refractivity contribution is 7.91. The summed E-state index contributed by atoms with van der Waals surface area (Å²) in [6.45, 7) is -0.231. The maximum absolute atomic E-state index is 12.4. The molecule has 11 heteroatoms. The maximum atomic E-state index is 12.4. The predicted octanol–water partition coefficient (Wildman–Crippen LogP) is 3.47. The van der Waals surface area contributed by atoms with Gasteiger partial charge in [0.2, 0.25) is 5.91 Å². The summed E-state index contributed by atoms with van der Waals surface area (Å²) in [5.74, 6) is -1.58. The van der Waals surface area contributed by atoms with Crippen LogP contribution in [0.1, 0.15) is 6.42 Å². The Balaban J connectivity index is 1.95. The van der Waals surface area contributed by atoms with Gasteiger partial charge >= 0.3 is 5.97 Å². The van der Waals surface area contributed by atoms with Crippen molar-refractivity contribution >= 4 is 66.5 Å². The number of rotatable bonds is 6. The van der Waals surface area contributed by atoms with E-state index in [9.17, 15) is 18.0 Å². The second-order valence-corrected chi connectivity index (χ2v) is 10.0. The van der Waals surface area contributed by atoms with Crippen molar-refractivity contribution in [1.29, 1.82) is 0 Å². The number of ether oxygens (including phenoxy) is 1. The Morgan fingerprint density at radius 1 is 1.13 bits per heavy atom. The van der Waals surface area contributed by atoms with Crippen LogP contribution in [0.5, 0.6) is 0 Å². The fourth-order valence-corrected chi connectivity index (χ4v) is 5.44. The Labute approximate surface area is 186 Å². The third kappa shape index (κ3) is 4.92. The number of hydrogen-bond acceptors (Lipinski definition) is 6. The summed E-state index contributed by atoms with van der Waals surface area (Å²) in [5, 5.41) is 0.502. The summed E-state index contributed by atoms with van der Waals surface area (Å²) in [6, 6.07) is 11.2. The summed E-state index contributed by atoms with van der Waals surface area (Å²) >= 11 is 13.5. The summed E-state index contributed by atoms with van der Waals surface area (Å²) in [7, 11) is -2.38. The molecule has 0 saturated heterocycles. The van der Waals surface area contributed by atoms with Gasteiger partial charge in [0.05, 0.1) is 38.0 Å². The van der Waals surface area contributed by atoms with Gasteiger partial charge in [0, 0.05) is 6.42 Å². The van der Waals surface area contributed by atoms with E-state index in [0.29, 0.717) is 10.2 Å². The Morgan fingerprint density at radius 2 is 1.83 bits per heavy atom. The third-order valence-corrected chi connectivity index (χ3v) is 7.73. The number of aromatic nitrogens is 1. The molecule has 30 heavy (non-hydrogen) atoms.